The van der Waals surface area contributed by atoms with Gasteiger partial charge >= 0.3 is 5.97 Å². The van der Waals surface area contributed by atoms with E-state index in [0.29, 0.717) is 10.7 Å². The Bertz CT molecular complexity index is 541. The molecule has 0 aliphatic carbocycles. The van der Waals surface area contributed by atoms with Gasteiger partial charge in [0.25, 0.3) is 0 Å². The highest BCUT2D eigenvalue weighted by atomic mass is 35.5. The monoisotopic (exact) mass is 295 g/mol. The van der Waals surface area contributed by atoms with Gasteiger partial charge in [0.05, 0.1) is 7.11 Å². The van der Waals surface area contributed by atoms with E-state index in [1.165, 1.54) is 12.0 Å². The Morgan fingerprint density at radius 1 is 1.35 bits per heavy atom. The molecule has 1 saturated heterocycles. The van der Waals surface area contributed by atoms with E-state index in [4.69, 9.17) is 11.6 Å². The molecule has 1 aliphatic heterocycles. The minimum Gasteiger partial charge on any atom is -0.469 e. The van der Waals surface area contributed by atoms with Gasteiger partial charge in [-0.3, -0.25) is 14.4 Å². The van der Waals surface area contributed by atoms with Gasteiger partial charge in [0, 0.05) is 29.6 Å². The second kappa shape index (κ2) is 6.05. The predicted octanol–water partition coefficient (Wildman–Crippen LogP) is 1.83. The largest absolute Gasteiger partial charge is 0.469 e. The van der Waals surface area contributed by atoms with Crippen LogP contribution in [0.25, 0.3) is 0 Å². The molecule has 1 atom stereocenters. The highest BCUT2D eigenvalue weighted by Crippen LogP contribution is 2.27. The fourth-order valence-corrected chi connectivity index (χ4v) is 2.28. The average Bonchev–Trinajstić information content (AvgIpc) is 2.81. The molecule has 1 aliphatic rings. The van der Waals surface area contributed by atoms with Crippen molar-refractivity contribution in [3.63, 3.8) is 0 Å². The molecule has 0 aromatic heterocycles. The number of methoxy groups -OCH3 is 1. The zero-order valence-corrected chi connectivity index (χ0v) is 11.7. The van der Waals surface area contributed by atoms with Crippen molar-refractivity contribution in [2.75, 3.05) is 18.6 Å². The molecule has 106 valence electrons. The van der Waals surface area contributed by atoms with E-state index in [9.17, 15) is 14.4 Å². The molecule has 1 fully saturated rings. The molecular weight excluding hydrogens is 282 g/mol. The van der Waals surface area contributed by atoms with Crippen molar-refractivity contribution in [3.05, 3.63) is 29.3 Å². The lowest BCUT2D eigenvalue weighted by Crippen LogP contribution is -2.26. The van der Waals surface area contributed by atoms with Gasteiger partial charge in [-0.15, -0.1) is 0 Å². The predicted molar refractivity (Wildman–Crippen MR) is 73.6 cm³/mol. The summed E-state index contributed by atoms with van der Waals surface area (Å²) in [5, 5.41) is 0.582. The first kappa shape index (κ1) is 14.5. The van der Waals surface area contributed by atoms with Crippen LogP contribution in [0.4, 0.5) is 5.69 Å². The van der Waals surface area contributed by atoms with E-state index in [1.807, 2.05) is 0 Å². The number of anilines is 1. The maximum Gasteiger partial charge on any atom is 0.313 e. The van der Waals surface area contributed by atoms with E-state index in [0.717, 1.165) is 0 Å². The molecule has 2 rings (SSSR count). The Hall–Kier alpha value is -1.88. The highest BCUT2D eigenvalue weighted by Gasteiger charge is 2.35. The molecule has 1 heterocycles. The lowest BCUT2D eigenvalue weighted by atomic mass is 10.0. The van der Waals surface area contributed by atoms with Crippen molar-refractivity contribution in [1.29, 1.82) is 0 Å². The Labute approximate surface area is 121 Å². The van der Waals surface area contributed by atoms with Crippen LogP contribution in [0.15, 0.2) is 24.3 Å². The number of carbonyl (C=O) groups is 3. The fourth-order valence-electron chi connectivity index (χ4n) is 2.15. The first-order valence-corrected chi connectivity index (χ1v) is 6.54. The van der Waals surface area contributed by atoms with E-state index in [-0.39, 0.29) is 31.1 Å². The first-order chi connectivity index (χ1) is 9.51. The maximum absolute atomic E-state index is 12.0. The SMILES string of the molecule is COC(=O)CC(=O)C1CC(=O)N(c2ccc(Cl)cc2)C1. The Balaban J connectivity index is 2.05. The minimum atomic E-state index is -0.576. The number of rotatable bonds is 4. The molecule has 6 heteroatoms. The van der Waals surface area contributed by atoms with E-state index in [1.54, 1.807) is 24.3 Å². The number of halogens is 1. The summed E-state index contributed by atoms with van der Waals surface area (Å²) in [6.45, 7) is 0.288. The van der Waals surface area contributed by atoms with Crippen LogP contribution >= 0.6 is 11.6 Å². The zero-order valence-electron chi connectivity index (χ0n) is 11.0. The molecule has 5 nitrogen and oxygen atoms in total. The van der Waals surface area contributed by atoms with Crippen LogP contribution < -0.4 is 4.90 Å². The number of esters is 1. The number of benzene rings is 1. The van der Waals surface area contributed by atoms with Gasteiger partial charge in [-0.25, -0.2) is 0 Å². The molecule has 1 amide bonds. The van der Waals surface area contributed by atoms with Crippen molar-refractivity contribution in [1.82, 2.24) is 0 Å². The van der Waals surface area contributed by atoms with Gasteiger partial charge in [0.2, 0.25) is 5.91 Å². The zero-order chi connectivity index (χ0) is 14.7. The molecule has 1 aromatic rings. The molecule has 0 saturated carbocycles. The van der Waals surface area contributed by atoms with Crippen molar-refractivity contribution >= 4 is 34.9 Å². The Morgan fingerprint density at radius 3 is 2.60 bits per heavy atom. The quantitative estimate of drug-likeness (QED) is 0.628. The summed E-state index contributed by atoms with van der Waals surface area (Å²) in [5.74, 6) is -1.43. The normalized spacial score (nSPS) is 18.2. The molecule has 1 aromatic carbocycles. The molecule has 1 unspecified atom stereocenters. The number of ketones is 1. The smallest absolute Gasteiger partial charge is 0.313 e. The summed E-state index contributed by atoms with van der Waals surface area (Å²) in [5.41, 5.74) is 0.702. The third kappa shape index (κ3) is 3.17. The van der Waals surface area contributed by atoms with Crippen molar-refractivity contribution in [3.8, 4) is 0 Å². The minimum absolute atomic E-state index is 0.123. The van der Waals surface area contributed by atoms with Crippen LogP contribution in [-0.4, -0.2) is 31.3 Å². The van der Waals surface area contributed by atoms with Crippen molar-refractivity contribution < 1.29 is 19.1 Å². The van der Waals surface area contributed by atoms with Crippen LogP contribution in [0, 0.1) is 5.92 Å². The van der Waals surface area contributed by atoms with Gasteiger partial charge in [0.1, 0.15) is 12.2 Å². The van der Waals surface area contributed by atoms with Crippen LogP contribution in [0.5, 0.6) is 0 Å². The summed E-state index contributed by atoms with van der Waals surface area (Å²) in [4.78, 5) is 36.5. The lowest BCUT2D eigenvalue weighted by molar-refractivity contribution is -0.144. The van der Waals surface area contributed by atoms with Gasteiger partial charge < -0.3 is 9.64 Å². The first-order valence-electron chi connectivity index (χ1n) is 6.16. The van der Waals surface area contributed by atoms with Crippen LogP contribution in [0.2, 0.25) is 5.02 Å². The van der Waals surface area contributed by atoms with Crippen LogP contribution in [0.1, 0.15) is 12.8 Å². The molecule has 0 N–H and O–H groups in total. The second-order valence-corrected chi connectivity index (χ2v) is 5.04. The summed E-state index contributed by atoms with van der Waals surface area (Å²) in [7, 11) is 1.23. The lowest BCUT2D eigenvalue weighted by Gasteiger charge is -2.16. The number of Topliss-reactive ketones (excluding diaryl/α,β-unsaturated/α-hetero) is 1. The molecule has 0 radical (unpaired) electrons. The third-order valence-electron chi connectivity index (χ3n) is 3.26. The fraction of sp³-hybridized carbons (Fsp3) is 0.357. The third-order valence-corrected chi connectivity index (χ3v) is 3.52. The van der Waals surface area contributed by atoms with E-state index in [2.05, 4.69) is 4.74 Å². The van der Waals surface area contributed by atoms with Crippen molar-refractivity contribution in [2.24, 2.45) is 5.92 Å². The standard InChI is InChI=1S/C14H14ClNO4/c1-20-14(19)7-12(17)9-6-13(18)16(8-9)11-4-2-10(15)3-5-11/h2-5,9H,6-8H2,1H3. The highest BCUT2D eigenvalue weighted by molar-refractivity contribution is 6.30. The van der Waals surface area contributed by atoms with Crippen LogP contribution in [0.3, 0.4) is 0 Å². The van der Waals surface area contributed by atoms with E-state index < -0.39 is 11.9 Å². The van der Waals surface area contributed by atoms with Gasteiger partial charge in [-0.1, -0.05) is 11.6 Å². The van der Waals surface area contributed by atoms with Gasteiger partial charge in [-0.05, 0) is 24.3 Å². The molecule has 20 heavy (non-hydrogen) atoms. The number of nitrogens with zero attached hydrogens (tertiary/aromatic N) is 1. The second-order valence-electron chi connectivity index (χ2n) is 4.60. The van der Waals surface area contributed by atoms with Gasteiger partial charge in [-0.2, -0.15) is 0 Å². The van der Waals surface area contributed by atoms with Gasteiger partial charge in [0.15, 0.2) is 0 Å². The summed E-state index contributed by atoms with van der Waals surface area (Å²) in [6, 6.07) is 6.84. The Kier molecular flexibility index (Phi) is 4.39. The molecular formula is C14H14ClNO4. The maximum atomic E-state index is 12.0. The number of hydrogen-bond acceptors (Lipinski definition) is 4. The van der Waals surface area contributed by atoms with Crippen LogP contribution in [-0.2, 0) is 19.1 Å². The summed E-state index contributed by atoms with van der Waals surface area (Å²) in [6.07, 6.45) is -0.165. The Morgan fingerprint density at radius 2 is 2.00 bits per heavy atom. The summed E-state index contributed by atoms with van der Waals surface area (Å²) < 4.78 is 4.46. The average molecular weight is 296 g/mol. The van der Waals surface area contributed by atoms with Crippen molar-refractivity contribution in [2.45, 2.75) is 12.8 Å². The topological polar surface area (TPSA) is 63.7 Å². The molecule has 0 spiro atoms. The molecule has 0 bridgehead atoms. The number of ether oxygens (including phenoxy) is 1. The van der Waals surface area contributed by atoms with E-state index >= 15 is 0 Å². The number of hydrogen-bond donors (Lipinski definition) is 0. The number of amides is 1. The number of carbonyl (C=O) groups excluding carboxylic acids is 3. The summed E-state index contributed by atoms with van der Waals surface area (Å²) >= 11 is 5.80.